The van der Waals surface area contributed by atoms with Crippen molar-refractivity contribution >= 4 is 45.3 Å². The number of ether oxygens (including phenoxy) is 2. The summed E-state index contributed by atoms with van der Waals surface area (Å²) in [5, 5.41) is 9.40. The van der Waals surface area contributed by atoms with Crippen LogP contribution in [0.4, 0.5) is 10.2 Å². The number of hydrogen-bond acceptors (Lipinski definition) is 9. The quantitative estimate of drug-likeness (QED) is 0.343. The number of aromatic nitrogens is 5. The van der Waals surface area contributed by atoms with Gasteiger partial charge in [0, 0.05) is 62.4 Å². The molecule has 13 heteroatoms. The lowest BCUT2D eigenvalue weighted by Gasteiger charge is -2.35. The number of nitrogens with zero attached hydrogens (tertiary/aromatic N) is 7. The molecule has 41 heavy (non-hydrogen) atoms. The van der Waals surface area contributed by atoms with Crippen LogP contribution in [-0.4, -0.2) is 106 Å². The van der Waals surface area contributed by atoms with Crippen LogP contribution in [0, 0.1) is 6.92 Å². The smallest absolute Gasteiger partial charge is 0.320 e. The second-order valence-electron chi connectivity index (χ2n) is 10.4. The van der Waals surface area contributed by atoms with Gasteiger partial charge in [-0.05, 0) is 37.7 Å². The van der Waals surface area contributed by atoms with Gasteiger partial charge < -0.3 is 19.3 Å². The summed E-state index contributed by atoms with van der Waals surface area (Å²) < 4.78 is 25.4. The van der Waals surface area contributed by atoms with Gasteiger partial charge in [0.25, 0.3) is 5.91 Å². The molecule has 1 N–H and O–H groups in total. The molecule has 214 valence electrons. The third kappa shape index (κ3) is 5.07. The van der Waals surface area contributed by atoms with Crippen LogP contribution in [-0.2, 0) is 9.53 Å². The van der Waals surface area contributed by atoms with Crippen LogP contribution in [0.25, 0.3) is 33.2 Å². The zero-order valence-electron chi connectivity index (χ0n) is 23.0. The average molecular weight is 581 g/mol. The Labute approximate surface area is 240 Å². The fourth-order valence-electron chi connectivity index (χ4n) is 5.59. The first-order chi connectivity index (χ1) is 19.7. The molecule has 0 spiro atoms. The first-order valence-corrected chi connectivity index (χ1v) is 13.7. The Morgan fingerprint density at radius 2 is 1.88 bits per heavy atom. The maximum absolute atomic E-state index is 13.5. The van der Waals surface area contributed by atoms with Gasteiger partial charge in [0.1, 0.15) is 18.0 Å². The van der Waals surface area contributed by atoms with Crippen LogP contribution in [0.15, 0.2) is 36.8 Å². The Kier molecular flexibility index (Phi) is 7.22. The van der Waals surface area contributed by atoms with Crippen LogP contribution in [0.1, 0.15) is 5.56 Å². The number of anilines is 1. The molecule has 0 aliphatic carbocycles. The minimum absolute atomic E-state index is 0.131. The van der Waals surface area contributed by atoms with E-state index in [1.165, 1.54) is 4.90 Å². The number of hydrogen-bond donors (Lipinski definition) is 1. The summed E-state index contributed by atoms with van der Waals surface area (Å²) in [5.74, 6) is -1.02. The Hall–Kier alpha value is -3.87. The standard InChI is InChI=1S/C28H30ClFN8O3/c1-15-19(29)11-21-18(12-31-35-21)24(15)20-6-5-17-25(32-20)33-28(41-23-14-36(3)13-22(23)40-4)34-26(17)37-7-9-38(10-8-37)27(39)16(2)30/h5-6,11-12,22-23H,2,7-10,13-14H2,1,3-4H3,(H,31,35)/t22-,23-/m1/s1. The summed E-state index contributed by atoms with van der Waals surface area (Å²) in [5.41, 5.74) is 3.69. The van der Waals surface area contributed by atoms with Gasteiger partial charge >= 0.3 is 6.01 Å². The zero-order chi connectivity index (χ0) is 28.8. The Balaban J connectivity index is 1.43. The number of H-pyrrole nitrogens is 1. The number of carbonyl (C=O) groups excluding carboxylic acids is 1. The van der Waals surface area contributed by atoms with E-state index in [9.17, 15) is 9.18 Å². The number of methoxy groups -OCH3 is 1. The number of amides is 1. The highest BCUT2D eigenvalue weighted by atomic mass is 35.5. The van der Waals surface area contributed by atoms with E-state index in [0.717, 1.165) is 34.0 Å². The summed E-state index contributed by atoms with van der Waals surface area (Å²) in [6.07, 6.45) is 1.37. The van der Waals surface area contributed by atoms with Gasteiger partial charge in [0.2, 0.25) is 0 Å². The number of carbonyl (C=O) groups is 1. The zero-order valence-corrected chi connectivity index (χ0v) is 23.8. The largest absolute Gasteiger partial charge is 0.456 e. The molecule has 2 saturated heterocycles. The Morgan fingerprint density at radius 3 is 2.61 bits per heavy atom. The van der Waals surface area contributed by atoms with Gasteiger partial charge in [-0.25, -0.2) is 9.37 Å². The highest BCUT2D eigenvalue weighted by Gasteiger charge is 2.34. The van der Waals surface area contributed by atoms with Crippen LogP contribution in [0.2, 0.25) is 5.02 Å². The van der Waals surface area contributed by atoms with Crippen LogP contribution < -0.4 is 9.64 Å². The Bertz CT molecular complexity index is 1650. The van der Waals surface area contributed by atoms with E-state index in [0.29, 0.717) is 54.9 Å². The van der Waals surface area contributed by atoms with Gasteiger partial charge in [0.05, 0.1) is 22.8 Å². The molecule has 6 rings (SSSR count). The van der Waals surface area contributed by atoms with Crippen molar-refractivity contribution in [2.45, 2.75) is 19.1 Å². The van der Waals surface area contributed by atoms with Crippen molar-refractivity contribution in [3.05, 3.63) is 47.4 Å². The highest BCUT2D eigenvalue weighted by Crippen LogP contribution is 2.36. The topological polar surface area (TPSA) is 113 Å². The minimum Gasteiger partial charge on any atom is -0.456 e. The molecule has 2 aliphatic rings. The number of aromatic amines is 1. The number of likely N-dealkylation sites (tertiary alicyclic amines) is 1. The summed E-state index contributed by atoms with van der Waals surface area (Å²) in [4.78, 5) is 32.3. The predicted octanol–water partition coefficient (Wildman–Crippen LogP) is 3.37. The van der Waals surface area contributed by atoms with E-state index in [2.05, 4.69) is 21.7 Å². The summed E-state index contributed by atoms with van der Waals surface area (Å²) in [6.45, 7) is 8.03. The maximum Gasteiger partial charge on any atom is 0.320 e. The van der Waals surface area contributed by atoms with Crippen LogP contribution in [0.3, 0.4) is 0 Å². The number of rotatable bonds is 6. The van der Waals surface area contributed by atoms with Crippen molar-refractivity contribution in [3.8, 4) is 17.3 Å². The average Bonchev–Trinajstić information content (AvgIpc) is 3.57. The van der Waals surface area contributed by atoms with E-state index in [-0.39, 0.29) is 18.2 Å². The maximum atomic E-state index is 13.5. The summed E-state index contributed by atoms with van der Waals surface area (Å²) in [6, 6.07) is 5.89. The molecule has 2 atom stereocenters. The second-order valence-corrected chi connectivity index (χ2v) is 10.8. The molecule has 0 saturated carbocycles. The van der Waals surface area contributed by atoms with Crippen molar-refractivity contribution in [2.24, 2.45) is 0 Å². The van der Waals surface area contributed by atoms with E-state index < -0.39 is 11.7 Å². The number of piperazine rings is 1. The van der Waals surface area contributed by atoms with Crippen molar-refractivity contribution in [1.29, 1.82) is 0 Å². The third-order valence-electron chi connectivity index (χ3n) is 7.77. The van der Waals surface area contributed by atoms with E-state index in [4.69, 9.17) is 36.0 Å². The lowest BCUT2D eigenvalue weighted by atomic mass is 10.0. The first-order valence-electron chi connectivity index (χ1n) is 13.3. The lowest BCUT2D eigenvalue weighted by molar-refractivity contribution is -0.128. The number of benzene rings is 1. The number of pyridine rings is 1. The molecular weight excluding hydrogens is 551 g/mol. The molecule has 1 amide bonds. The van der Waals surface area contributed by atoms with Crippen molar-refractivity contribution in [1.82, 2.24) is 34.9 Å². The van der Waals surface area contributed by atoms with Gasteiger partial charge in [-0.3, -0.25) is 14.8 Å². The minimum atomic E-state index is -0.962. The molecule has 11 nitrogen and oxygen atoms in total. The molecule has 0 bridgehead atoms. The highest BCUT2D eigenvalue weighted by molar-refractivity contribution is 6.32. The first kappa shape index (κ1) is 27.3. The van der Waals surface area contributed by atoms with Gasteiger partial charge in [0.15, 0.2) is 11.5 Å². The number of halogens is 2. The SMILES string of the molecule is C=C(F)C(=O)N1CCN(c2nc(O[C@@H]3CN(C)C[C@H]3OC)nc3nc(-c4c(C)c(Cl)cc5[nH]ncc45)ccc23)CC1. The molecule has 4 aromatic rings. The van der Waals surface area contributed by atoms with Crippen molar-refractivity contribution < 1.29 is 18.7 Å². The van der Waals surface area contributed by atoms with Crippen molar-refractivity contribution in [3.63, 3.8) is 0 Å². The van der Waals surface area contributed by atoms with E-state index in [1.54, 1.807) is 13.3 Å². The van der Waals surface area contributed by atoms with Crippen molar-refractivity contribution in [2.75, 3.05) is 58.3 Å². The predicted molar refractivity (Wildman–Crippen MR) is 154 cm³/mol. The molecule has 2 fully saturated rings. The van der Waals surface area contributed by atoms with E-state index >= 15 is 0 Å². The second kappa shape index (κ2) is 10.8. The molecule has 2 aliphatic heterocycles. The fourth-order valence-corrected chi connectivity index (χ4v) is 5.79. The molecule has 0 radical (unpaired) electrons. The molecule has 5 heterocycles. The van der Waals surface area contributed by atoms with Crippen LogP contribution >= 0.6 is 11.6 Å². The van der Waals surface area contributed by atoms with Gasteiger partial charge in [-0.2, -0.15) is 15.1 Å². The number of likely N-dealkylation sites (N-methyl/N-ethyl adjacent to an activating group) is 1. The van der Waals surface area contributed by atoms with Gasteiger partial charge in [-0.15, -0.1) is 0 Å². The monoisotopic (exact) mass is 580 g/mol. The van der Waals surface area contributed by atoms with E-state index in [1.807, 2.05) is 37.1 Å². The number of nitrogens with one attached hydrogen (secondary N) is 1. The van der Waals surface area contributed by atoms with Crippen LogP contribution in [0.5, 0.6) is 6.01 Å². The molecular formula is C28H30ClFN8O3. The summed E-state index contributed by atoms with van der Waals surface area (Å²) >= 11 is 6.56. The molecule has 1 aromatic carbocycles. The molecule has 0 unspecified atom stereocenters. The summed E-state index contributed by atoms with van der Waals surface area (Å²) in [7, 11) is 3.67. The Morgan fingerprint density at radius 1 is 1.12 bits per heavy atom. The third-order valence-corrected chi connectivity index (χ3v) is 8.17. The lowest BCUT2D eigenvalue weighted by Crippen LogP contribution is -2.49. The number of fused-ring (bicyclic) bond motifs is 2. The molecule has 3 aromatic heterocycles. The fraction of sp³-hybridized carbons (Fsp3) is 0.393. The van der Waals surface area contributed by atoms with Gasteiger partial charge in [-0.1, -0.05) is 18.2 Å². The normalized spacial score (nSPS) is 19.8.